The monoisotopic (exact) mass is 765 g/mol. The van der Waals surface area contributed by atoms with Crippen LogP contribution in [0.25, 0.3) is 0 Å². The first kappa shape index (κ1) is 37.1. The van der Waals surface area contributed by atoms with Crippen LogP contribution in [0, 0.1) is 29.4 Å². The van der Waals surface area contributed by atoms with Crippen molar-refractivity contribution in [3.63, 3.8) is 0 Å². The number of fused-ring (bicyclic) bond motifs is 2. The number of hydrogen-bond acceptors (Lipinski definition) is 7. The van der Waals surface area contributed by atoms with E-state index in [1.165, 1.54) is 19.3 Å². The van der Waals surface area contributed by atoms with E-state index in [2.05, 4.69) is 26.1 Å². The number of benzene rings is 3. The first-order chi connectivity index (χ1) is 27.2. The van der Waals surface area contributed by atoms with Gasteiger partial charge in [0.15, 0.2) is 0 Å². The van der Waals surface area contributed by atoms with Crippen molar-refractivity contribution in [1.29, 1.82) is 0 Å². The van der Waals surface area contributed by atoms with Crippen LogP contribution in [0.15, 0.2) is 48.5 Å². The number of phenolic OH excluding ortho intramolecular Hbond substituents is 1. The number of carbonyl (C=O) groups is 3. The molecule has 2 aliphatic carbocycles. The molecule has 0 unspecified atom stereocenters. The summed E-state index contributed by atoms with van der Waals surface area (Å²) < 4.78 is 32.7. The lowest BCUT2D eigenvalue weighted by molar-refractivity contribution is -0.136. The number of hydrogen-bond donors (Lipinski definition) is 2. The Morgan fingerprint density at radius 1 is 0.714 bits per heavy atom. The third-order valence-corrected chi connectivity index (χ3v) is 14.0. The second-order valence-corrected chi connectivity index (χ2v) is 17.2. The fraction of sp³-hybridized carbons (Fsp3) is 0.533. The van der Waals surface area contributed by atoms with Gasteiger partial charge in [-0.3, -0.25) is 24.6 Å². The number of imide groups is 1. The van der Waals surface area contributed by atoms with Crippen molar-refractivity contribution in [1.82, 2.24) is 15.1 Å². The van der Waals surface area contributed by atoms with E-state index in [0.29, 0.717) is 36.1 Å². The van der Waals surface area contributed by atoms with Gasteiger partial charge in [0, 0.05) is 87.2 Å². The average Bonchev–Trinajstić information content (AvgIpc) is 3.53. The third kappa shape index (κ3) is 7.16. The second-order valence-electron chi connectivity index (χ2n) is 17.2. The van der Waals surface area contributed by atoms with E-state index in [1.807, 2.05) is 18.2 Å². The maximum atomic E-state index is 16.3. The van der Waals surface area contributed by atoms with Crippen molar-refractivity contribution in [2.24, 2.45) is 17.8 Å². The zero-order chi connectivity index (χ0) is 38.5. The van der Waals surface area contributed by atoms with Gasteiger partial charge < -0.3 is 19.8 Å². The summed E-state index contributed by atoms with van der Waals surface area (Å²) in [5, 5.41) is 12.6. The second kappa shape index (κ2) is 15.4. The van der Waals surface area contributed by atoms with E-state index in [-0.39, 0.29) is 41.4 Å². The molecule has 3 atom stereocenters. The zero-order valence-corrected chi connectivity index (χ0v) is 32.2. The summed E-state index contributed by atoms with van der Waals surface area (Å²) in [5.74, 6) is -0.704. The van der Waals surface area contributed by atoms with Gasteiger partial charge in [-0.15, -0.1) is 0 Å². The van der Waals surface area contributed by atoms with E-state index in [4.69, 9.17) is 0 Å². The van der Waals surface area contributed by atoms with Crippen LogP contribution in [0.1, 0.15) is 103 Å². The summed E-state index contributed by atoms with van der Waals surface area (Å²) in [6, 6.07) is 13.8. The Kier molecular flexibility index (Phi) is 10.2. The number of aryl methyl sites for hydroxylation is 1. The predicted octanol–water partition coefficient (Wildman–Crippen LogP) is 6.74. The highest BCUT2D eigenvalue weighted by molar-refractivity contribution is 6.05. The zero-order valence-electron chi connectivity index (χ0n) is 32.2. The smallest absolute Gasteiger partial charge is 0.255 e. The number of amides is 3. The molecule has 1 saturated carbocycles. The average molecular weight is 766 g/mol. The highest BCUT2D eigenvalue weighted by Gasteiger charge is 2.41. The molecule has 9 nitrogen and oxygen atoms in total. The molecule has 6 aliphatic rings. The van der Waals surface area contributed by atoms with E-state index >= 15 is 8.78 Å². The first-order valence-electron chi connectivity index (χ1n) is 21.0. The molecule has 3 aromatic rings. The highest BCUT2D eigenvalue weighted by atomic mass is 19.1. The summed E-state index contributed by atoms with van der Waals surface area (Å²) in [6.45, 7) is 6.53. The molecule has 0 aromatic heterocycles. The van der Waals surface area contributed by atoms with E-state index in [1.54, 1.807) is 29.2 Å². The number of aromatic hydroxyl groups is 1. The van der Waals surface area contributed by atoms with Crippen molar-refractivity contribution in [3.8, 4) is 5.75 Å². The Balaban J connectivity index is 0.801. The van der Waals surface area contributed by atoms with Crippen LogP contribution in [-0.4, -0.2) is 84.5 Å². The lowest BCUT2D eigenvalue weighted by Crippen LogP contribution is -2.52. The Hall–Kier alpha value is -4.51. The minimum absolute atomic E-state index is 0.152. The Bertz CT molecular complexity index is 1980. The van der Waals surface area contributed by atoms with Gasteiger partial charge in [-0.05, 0) is 109 Å². The van der Waals surface area contributed by atoms with Crippen LogP contribution in [0.2, 0.25) is 0 Å². The quantitative estimate of drug-likeness (QED) is 0.257. The maximum Gasteiger partial charge on any atom is 0.255 e. The number of halogens is 2. The Morgan fingerprint density at radius 3 is 2.18 bits per heavy atom. The molecule has 11 heteroatoms. The van der Waals surface area contributed by atoms with Gasteiger partial charge >= 0.3 is 0 Å². The summed E-state index contributed by atoms with van der Waals surface area (Å²) in [6.07, 6.45) is 10.1. The highest BCUT2D eigenvalue weighted by Crippen LogP contribution is 2.50. The molecule has 4 fully saturated rings. The lowest BCUT2D eigenvalue weighted by Gasteiger charge is -2.41. The molecule has 0 spiro atoms. The van der Waals surface area contributed by atoms with Gasteiger partial charge in [-0.2, -0.15) is 0 Å². The predicted molar refractivity (Wildman–Crippen MR) is 211 cm³/mol. The maximum absolute atomic E-state index is 16.3. The molecule has 4 aliphatic heterocycles. The van der Waals surface area contributed by atoms with Crippen molar-refractivity contribution < 1.29 is 28.3 Å². The summed E-state index contributed by atoms with van der Waals surface area (Å²) in [7, 11) is 0. The molecular formula is C45H53F2N5O4. The minimum Gasteiger partial charge on any atom is -0.508 e. The van der Waals surface area contributed by atoms with Crippen LogP contribution >= 0.6 is 0 Å². The largest absolute Gasteiger partial charge is 0.508 e. The Morgan fingerprint density at radius 2 is 1.45 bits per heavy atom. The van der Waals surface area contributed by atoms with Gasteiger partial charge in [-0.1, -0.05) is 38.2 Å². The van der Waals surface area contributed by atoms with Crippen LogP contribution in [0.4, 0.5) is 20.2 Å². The minimum atomic E-state index is -0.615. The number of rotatable bonds is 7. The molecule has 296 valence electrons. The van der Waals surface area contributed by atoms with Crippen LogP contribution < -0.4 is 15.1 Å². The lowest BCUT2D eigenvalue weighted by atomic mass is 9.64. The van der Waals surface area contributed by atoms with Gasteiger partial charge in [0.2, 0.25) is 11.8 Å². The topological polar surface area (TPSA) is 96.4 Å². The molecule has 56 heavy (non-hydrogen) atoms. The number of nitrogens with one attached hydrogen (secondary N) is 1. The molecule has 9 rings (SSSR count). The first-order valence-corrected chi connectivity index (χ1v) is 21.0. The SMILES string of the molecule is O=C1CC[C@H](N2Cc3cc(N4CCN(CC5CCN(c6cc(F)c([C@@H]7c8ccc(O)cc8CC[C@@H]7C7CCCCC7)c(F)c6)CC5)CC4)ccc3C2=O)C(=O)N1. The van der Waals surface area contributed by atoms with Crippen molar-refractivity contribution in [3.05, 3.63) is 88.0 Å². The van der Waals surface area contributed by atoms with Crippen LogP contribution in [-0.2, 0) is 22.6 Å². The Labute approximate surface area is 328 Å². The van der Waals surface area contributed by atoms with Crippen LogP contribution in [0.5, 0.6) is 5.75 Å². The van der Waals surface area contributed by atoms with Gasteiger partial charge in [-0.25, -0.2) is 8.78 Å². The molecule has 3 saturated heterocycles. The third-order valence-electron chi connectivity index (χ3n) is 14.0. The van der Waals surface area contributed by atoms with E-state index < -0.39 is 23.6 Å². The molecule has 0 radical (unpaired) electrons. The number of nitrogens with zero attached hydrogens (tertiary/aromatic N) is 4. The summed E-state index contributed by atoms with van der Waals surface area (Å²) >= 11 is 0. The van der Waals surface area contributed by atoms with Gasteiger partial charge in [0.1, 0.15) is 23.4 Å². The molecule has 2 N–H and O–H groups in total. The molecular weight excluding hydrogens is 713 g/mol. The number of phenols is 1. The summed E-state index contributed by atoms with van der Waals surface area (Å²) in [4.78, 5) is 45.9. The van der Waals surface area contributed by atoms with Crippen molar-refractivity contribution in [2.45, 2.75) is 89.1 Å². The normalized spacial score (nSPS) is 25.4. The number of carbonyl (C=O) groups excluding carboxylic acids is 3. The van der Waals surface area contributed by atoms with E-state index in [0.717, 1.165) is 107 Å². The van der Waals surface area contributed by atoms with E-state index in [9.17, 15) is 19.5 Å². The number of anilines is 2. The molecule has 0 bridgehead atoms. The number of piperazine rings is 1. The van der Waals surface area contributed by atoms with Crippen molar-refractivity contribution in [2.75, 3.05) is 55.6 Å². The van der Waals surface area contributed by atoms with Gasteiger partial charge in [0.05, 0.1) is 0 Å². The molecule has 3 amide bonds. The van der Waals surface area contributed by atoms with Gasteiger partial charge in [0.25, 0.3) is 5.91 Å². The molecule has 4 heterocycles. The standard InChI is InChI=1S/C45H53F2N5O4/c46-38-24-33(25-39(47)43(38)42-35(29-4-2-1-3-5-29)9-6-30-23-34(53)8-11-36(30)42)50-16-14-28(15-17-50)26-49-18-20-51(21-19-49)32-7-10-37-31(22-32)27-52(45(37)56)40-12-13-41(54)48-44(40)55/h7-8,10-11,22-25,28-29,35,40,42,53H,1-6,9,12-21,26-27H2,(H,48,54,55)/t35-,40+,42+/m1/s1. The molecule has 3 aromatic carbocycles. The fourth-order valence-corrected chi connectivity index (χ4v) is 11.0. The fourth-order valence-electron chi connectivity index (χ4n) is 11.0. The summed E-state index contributed by atoms with van der Waals surface area (Å²) in [5.41, 5.74) is 5.44. The van der Waals surface area contributed by atoms with Crippen molar-refractivity contribution >= 4 is 29.1 Å². The van der Waals surface area contributed by atoms with Crippen LogP contribution in [0.3, 0.4) is 0 Å². The number of piperidine rings is 2.